The molecule has 104 valence electrons. The first kappa shape index (κ1) is 13.8. The summed E-state index contributed by atoms with van der Waals surface area (Å²) in [5.74, 6) is -0.626. The minimum Gasteiger partial charge on any atom is -0.390 e. The molecule has 19 heavy (non-hydrogen) atoms. The van der Waals surface area contributed by atoms with Gasteiger partial charge in [-0.15, -0.1) is 0 Å². The van der Waals surface area contributed by atoms with Crippen molar-refractivity contribution in [2.45, 2.75) is 18.3 Å². The second-order valence-electron chi connectivity index (χ2n) is 4.38. The van der Waals surface area contributed by atoms with Crippen molar-refractivity contribution in [3.63, 3.8) is 0 Å². The largest absolute Gasteiger partial charge is 0.416 e. The molecule has 7 heteroatoms. The highest BCUT2D eigenvalue weighted by Crippen LogP contribution is 2.29. The number of nitrogens with one attached hydrogen (secondary N) is 2. The third-order valence-electron chi connectivity index (χ3n) is 2.95. The van der Waals surface area contributed by atoms with E-state index >= 15 is 0 Å². The number of hydrogen-bond donors (Lipinski definition) is 3. The van der Waals surface area contributed by atoms with Crippen LogP contribution in [0.4, 0.5) is 13.2 Å². The quantitative estimate of drug-likeness (QED) is 0.746. The van der Waals surface area contributed by atoms with Gasteiger partial charge >= 0.3 is 6.18 Å². The molecule has 1 aliphatic rings. The van der Waals surface area contributed by atoms with Crippen LogP contribution in [0.25, 0.3) is 0 Å². The van der Waals surface area contributed by atoms with Crippen LogP contribution in [0.5, 0.6) is 0 Å². The Morgan fingerprint density at radius 3 is 2.68 bits per heavy atom. The van der Waals surface area contributed by atoms with E-state index < -0.39 is 29.8 Å². The highest BCUT2D eigenvalue weighted by Gasteiger charge is 2.31. The SMILES string of the molecule is O=C(N[C@H]1CNC[C@H]1O)c1cccc(C(F)(F)F)c1. The third-order valence-corrected chi connectivity index (χ3v) is 2.95. The van der Waals surface area contributed by atoms with Gasteiger partial charge in [-0.25, -0.2) is 0 Å². The third kappa shape index (κ3) is 3.24. The lowest BCUT2D eigenvalue weighted by atomic mass is 10.1. The molecule has 0 bridgehead atoms. The number of hydrogen-bond acceptors (Lipinski definition) is 3. The minimum atomic E-state index is -4.48. The van der Waals surface area contributed by atoms with Crippen molar-refractivity contribution >= 4 is 5.91 Å². The fourth-order valence-corrected chi connectivity index (χ4v) is 1.90. The van der Waals surface area contributed by atoms with Crippen LogP contribution in [0.15, 0.2) is 24.3 Å². The molecule has 4 nitrogen and oxygen atoms in total. The van der Waals surface area contributed by atoms with Gasteiger partial charge in [0.2, 0.25) is 0 Å². The van der Waals surface area contributed by atoms with Crippen molar-refractivity contribution in [3.05, 3.63) is 35.4 Å². The summed E-state index contributed by atoms with van der Waals surface area (Å²) in [7, 11) is 0. The molecule has 1 saturated heterocycles. The lowest BCUT2D eigenvalue weighted by Gasteiger charge is -2.16. The Kier molecular flexibility index (Phi) is 3.77. The number of β-amino-alcohol motifs (C(OH)–C–C–N with tert-alkyl or cyclic N) is 1. The van der Waals surface area contributed by atoms with Crippen LogP contribution >= 0.6 is 0 Å². The lowest BCUT2D eigenvalue weighted by molar-refractivity contribution is -0.137. The van der Waals surface area contributed by atoms with Crippen LogP contribution in [-0.2, 0) is 6.18 Å². The van der Waals surface area contributed by atoms with E-state index in [0.29, 0.717) is 13.1 Å². The zero-order valence-corrected chi connectivity index (χ0v) is 9.87. The monoisotopic (exact) mass is 274 g/mol. The van der Waals surface area contributed by atoms with Crippen molar-refractivity contribution in [3.8, 4) is 0 Å². The average molecular weight is 274 g/mol. The van der Waals surface area contributed by atoms with Crippen molar-refractivity contribution in [2.24, 2.45) is 0 Å². The molecule has 1 aliphatic heterocycles. The van der Waals surface area contributed by atoms with Crippen LogP contribution in [0, 0.1) is 0 Å². The van der Waals surface area contributed by atoms with E-state index in [4.69, 9.17) is 0 Å². The van der Waals surface area contributed by atoms with Gasteiger partial charge in [-0.05, 0) is 18.2 Å². The van der Waals surface area contributed by atoms with E-state index in [0.717, 1.165) is 12.1 Å². The second kappa shape index (κ2) is 5.18. The predicted octanol–water partition coefficient (Wildman–Crippen LogP) is 0.768. The van der Waals surface area contributed by atoms with Crippen LogP contribution in [-0.4, -0.2) is 36.2 Å². The fourth-order valence-electron chi connectivity index (χ4n) is 1.90. The Labute approximate surface area is 107 Å². The Morgan fingerprint density at radius 1 is 1.37 bits per heavy atom. The first-order chi connectivity index (χ1) is 8.88. The van der Waals surface area contributed by atoms with Gasteiger partial charge < -0.3 is 15.7 Å². The van der Waals surface area contributed by atoms with E-state index in [1.54, 1.807) is 0 Å². The Balaban J connectivity index is 2.11. The molecule has 3 N–H and O–H groups in total. The molecule has 2 rings (SSSR count). The number of alkyl halides is 3. The van der Waals surface area contributed by atoms with Gasteiger partial charge in [-0.3, -0.25) is 4.79 Å². The van der Waals surface area contributed by atoms with Crippen molar-refractivity contribution < 1.29 is 23.1 Å². The summed E-state index contributed by atoms with van der Waals surface area (Å²) in [4.78, 5) is 11.8. The van der Waals surface area contributed by atoms with E-state index in [-0.39, 0.29) is 5.56 Å². The van der Waals surface area contributed by atoms with E-state index in [1.165, 1.54) is 12.1 Å². The zero-order valence-electron chi connectivity index (χ0n) is 9.87. The average Bonchev–Trinajstić information content (AvgIpc) is 2.74. The Hall–Kier alpha value is -1.60. The molecule has 0 saturated carbocycles. The van der Waals surface area contributed by atoms with Crippen LogP contribution < -0.4 is 10.6 Å². The predicted molar refractivity (Wildman–Crippen MR) is 61.6 cm³/mol. The topological polar surface area (TPSA) is 61.4 Å². The number of halogens is 3. The number of benzene rings is 1. The van der Waals surface area contributed by atoms with Crippen LogP contribution in [0.2, 0.25) is 0 Å². The Morgan fingerprint density at radius 2 is 2.11 bits per heavy atom. The highest BCUT2D eigenvalue weighted by atomic mass is 19.4. The van der Waals surface area contributed by atoms with E-state index in [2.05, 4.69) is 10.6 Å². The zero-order chi connectivity index (χ0) is 14.0. The lowest BCUT2D eigenvalue weighted by Crippen LogP contribution is -2.42. The first-order valence-corrected chi connectivity index (χ1v) is 5.75. The molecular weight excluding hydrogens is 261 g/mol. The maximum atomic E-state index is 12.5. The molecule has 1 fully saturated rings. The van der Waals surface area contributed by atoms with Gasteiger partial charge in [0.25, 0.3) is 5.91 Å². The molecule has 0 radical (unpaired) electrons. The van der Waals surface area contributed by atoms with Gasteiger partial charge in [-0.1, -0.05) is 6.07 Å². The van der Waals surface area contributed by atoms with E-state index in [1.807, 2.05) is 0 Å². The number of aliphatic hydroxyl groups excluding tert-OH is 1. The molecule has 0 spiro atoms. The van der Waals surface area contributed by atoms with Crippen molar-refractivity contribution in [2.75, 3.05) is 13.1 Å². The van der Waals surface area contributed by atoms with Gasteiger partial charge in [0.15, 0.2) is 0 Å². The summed E-state index contributed by atoms with van der Waals surface area (Å²) in [5.41, 5.74) is -0.945. The first-order valence-electron chi connectivity index (χ1n) is 5.75. The van der Waals surface area contributed by atoms with Crippen LogP contribution in [0.1, 0.15) is 15.9 Å². The molecular formula is C12H13F3N2O2. The number of rotatable bonds is 2. The summed E-state index contributed by atoms with van der Waals surface area (Å²) in [6, 6.07) is 3.70. The highest BCUT2D eigenvalue weighted by molar-refractivity contribution is 5.94. The van der Waals surface area contributed by atoms with Gasteiger partial charge in [0, 0.05) is 18.7 Å². The molecule has 0 aliphatic carbocycles. The summed E-state index contributed by atoms with van der Waals surface area (Å²) in [6.07, 6.45) is -5.21. The smallest absolute Gasteiger partial charge is 0.390 e. The fraction of sp³-hybridized carbons (Fsp3) is 0.417. The Bertz CT molecular complexity index is 476. The molecule has 1 heterocycles. The molecule has 2 atom stereocenters. The second-order valence-corrected chi connectivity index (χ2v) is 4.38. The number of aliphatic hydroxyl groups is 1. The molecule has 1 aromatic carbocycles. The molecule has 0 unspecified atom stereocenters. The minimum absolute atomic E-state index is 0.0751. The summed E-state index contributed by atoms with van der Waals surface area (Å²) < 4.78 is 37.5. The standard InChI is InChI=1S/C12H13F3N2O2/c13-12(14,15)8-3-1-2-7(4-8)11(19)17-9-5-16-6-10(9)18/h1-4,9-10,16,18H,5-6H2,(H,17,19)/t9-,10+/m0/s1. The molecule has 1 aromatic rings. The van der Waals surface area contributed by atoms with Gasteiger partial charge in [0.05, 0.1) is 17.7 Å². The number of amides is 1. The number of carbonyl (C=O) groups excluding carboxylic acids is 1. The number of carbonyl (C=O) groups is 1. The van der Waals surface area contributed by atoms with Gasteiger partial charge in [0.1, 0.15) is 0 Å². The van der Waals surface area contributed by atoms with Crippen molar-refractivity contribution in [1.82, 2.24) is 10.6 Å². The van der Waals surface area contributed by atoms with E-state index in [9.17, 15) is 23.1 Å². The van der Waals surface area contributed by atoms with Crippen LogP contribution in [0.3, 0.4) is 0 Å². The maximum absolute atomic E-state index is 12.5. The normalized spacial score (nSPS) is 23.4. The molecule has 1 amide bonds. The summed E-state index contributed by atoms with van der Waals surface area (Å²) in [6.45, 7) is 0.749. The van der Waals surface area contributed by atoms with Crippen molar-refractivity contribution in [1.29, 1.82) is 0 Å². The van der Waals surface area contributed by atoms with Gasteiger partial charge in [-0.2, -0.15) is 13.2 Å². The molecule has 0 aromatic heterocycles. The summed E-state index contributed by atoms with van der Waals surface area (Å²) in [5, 5.41) is 14.9. The summed E-state index contributed by atoms with van der Waals surface area (Å²) >= 11 is 0. The maximum Gasteiger partial charge on any atom is 0.416 e.